The lowest BCUT2D eigenvalue weighted by Gasteiger charge is -2.24. The average molecular weight is 794 g/mol. The molecule has 8 heteroatoms. The summed E-state index contributed by atoms with van der Waals surface area (Å²) in [6.07, 6.45) is -4.73. The van der Waals surface area contributed by atoms with Crippen molar-refractivity contribution in [1.29, 1.82) is 10.5 Å². The van der Waals surface area contributed by atoms with E-state index in [4.69, 9.17) is 6.57 Å². The summed E-state index contributed by atoms with van der Waals surface area (Å²) in [4.78, 5) is 3.63. The number of halogens is 3. The number of nitriles is 2. The van der Waals surface area contributed by atoms with Crippen LogP contribution in [-0.4, -0.2) is 9.13 Å². The fourth-order valence-electron chi connectivity index (χ4n) is 8.86. The van der Waals surface area contributed by atoms with Crippen molar-refractivity contribution in [2.24, 2.45) is 0 Å². The molecule has 0 aliphatic heterocycles. The molecule has 0 bridgehead atoms. The van der Waals surface area contributed by atoms with E-state index in [1.807, 2.05) is 130 Å². The Morgan fingerprint density at radius 3 is 1.56 bits per heavy atom. The Labute approximate surface area is 348 Å². The summed E-state index contributed by atoms with van der Waals surface area (Å²) in [7, 11) is 0. The smallest absolute Gasteiger partial charge is 0.308 e. The molecule has 10 aromatic rings. The van der Waals surface area contributed by atoms with E-state index in [0.29, 0.717) is 33.8 Å². The molecule has 0 radical (unpaired) electrons. The lowest BCUT2D eigenvalue weighted by molar-refractivity contribution is -0.137. The van der Waals surface area contributed by atoms with Crippen LogP contribution < -0.4 is 0 Å². The number of alkyl halides is 3. The van der Waals surface area contributed by atoms with Gasteiger partial charge in [-0.05, 0) is 95.4 Å². The SMILES string of the molecule is [C-]#[N+]c1cccc(-c2ccc3c4ccccc4n(-c4cc(C#N)cc(-n5c6ccccc6c6ccc(-c7cccc(C#N)c7)cc65)c4-c4c(C)cccc4C(F)(F)F)c3c2)c1. The number of para-hydroxylation sites is 2. The van der Waals surface area contributed by atoms with Gasteiger partial charge in [0, 0.05) is 32.7 Å². The van der Waals surface area contributed by atoms with Crippen LogP contribution in [0, 0.1) is 36.2 Å². The Morgan fingerprint density at radius 2 is 1.00 bits per heavy atom. The highest BCUT2D eigenvalue weighted by Crippen LogP contribution is 2.48. The zero-order valence-corrected chi connectivity index (χ0v) is 32.5. The predicted molar refractivity (Wildman–Crippen MR) is 237 cm³/mol. The van der Waals surface area contributed by atoms with E-state index >= 15 is 13.2 Å². The summed E-state index contributed by atoms with van der Waals surface area (Å²) in [5.41, 5.74) is 8.14. The first-order valence-corrected chi connectivity index (χ1v) is 19.5. The van der Waals surface area contributed by atoms with Crippen molar-refractivity contribution < 1.29 is 13.2 Å². The van der Waals surface area contributed by atoms with Crippen molar-refractivity contribution in [2.75, 3.05) is 0 Å². The maximum absolute atomic E-state index is 15.5. The van der Waals surface area contributed by atoms with Crippen LogP contribution in [0.2, 0.25) is 0 Å². The van der Waals surface area contributed by atoms with Gasteiger partial charge in [0.1, 0.15) is 0 Å². The van der Waals surface area contributed by atoms with Gasteiger partial charge in [0.05, 0.1) is 68.8 Å². The van der Waals surface area contributed by atoms with E-state index in [0.717, 1.165) is 71.9 Å². The van der Waals surface area contributed by atoms with E-state index in [1.54, 1.807) is 37.3 Å². The minimum Gasteiger partial charge on any atom is -0.308 e. The first-order chi connectivity index (χ1) is 29.7. The number of benzene rings is 8. The van der Waals surface area contributed by atoms with E-state index in [2.05, 4.69) is 17.0 Å². The molecule has 10 rings (SSSR count). The normalized spacial score (nSPS) is 11.6. The Bertz CT molecular complexity index is 3390. The van der Waals surface area contributed by atoms with Crippen molar-refractivity contribution in [3.63, 3.8) is 0 Å². The Balaban J connectivity index is 1.40. The van der Waals surface area contributed by atoms with Crippen molar-refractivity contribution in [3.8, 4) is 56.9 Å². The molecule has 5 nitrogen and oxygen atoms in total. The first-order valence-electron chi connectivity index (χ1n) is 19.5. The molecule has 2 aromatic heterocycles. The first kappa shape index (κ1) is 36.9. The van der Waals surface area contributed by atoms with Gasteiger partial charge >= 0.3 is 6.18 Å². The summed E-state index contributed by atoms with van der Waals surface area (Å²) in [5, 5.41) is 24.0. The van der Waals surface area contributed by atoms with Crippen LogP contribution in [0.3, 0.4) is 0 Å². The van der Waals surface area contributed by atoms with E-state index in [1.165, 1.54) is 6.07 Å². The number of aromatic nitrogens is 2. The molecular weight excluding hydrogens is 764 g/mol. The van der Waals surface area contributed by atoms with Crippen molar-refractivity contribution >= 4 is 49.3 Å². The van der Waals surface area contributed by atoms with Crippen LogP contribution in [0.15, 0.2) is 164 Å². The number of hydrogen-bond acceptors (Lipinski definition) is 2. The van der Waals surface area contributed by atoms with Crippen LogP contribution in [0.1, 0.15) is 22.3 Å². The van der Waals surface area contributed by atoms with Gasteiger partial charge in [0.2, 0.25) is 0 Å². The molecule has 0 saturated heterocycles. The lowest BCUT2D eigenvalue weighted by Crippen LogP contribution is -2.12. The summed E-state index contributed by atoms with van der Waals surface area (Å²) in [5.74, 6) is 0. The zero-order chi connectivity index (χ0) is 42.0. The van der Waals surface area contributed by atoms with Crippen molar-refractivity contribution in [3.05, 3.63) is 197 Å². The third-order valence-corrected chi connectivity index (χ3v) is 11.5. The molecular formula is C53H30F3N5. The number of aryl methyl sites for hydroxylation is 1. The van der Waals surface area contributed by atoms with Crippen LogP contribution in [-0.2, 0) is 6.18 Å². The summed E-state index contributed by atoms with van der Waals surface area (Å²) < 4.78 is 50.5. The van der Waals surface area contributed by atoms with E-state index in [-0.39, 0.29) is 11.1 Å². The third kappa shape index (κ3) is 5.99. The van der Waals surface area contributed by atoms with Gasteiger partial charge in [-0.15, -0.1) is 0 Å². The van der Waals surface area contributed by atoms with Gasteiger partial charge in [0.15, 0.2) is 5.69 Å². The van der Waals surface area contributed by atoms with Gasteiger partial charge in [-0.25, -0.2) is 4.85 Å². The maximum atomic E-state index is 15.5. The quantitative estimate of drug-likeness (QED) is 0.163. The van der Waals surface area contributed by atoms with Gasteiger partial charge < -0.3 is 9.13 Å². The molecule has 0 spiro atoms. The molecule has 2 heterocycles. The highest BCUT2D eigenvalue weighted by Gasteiger charge is 2.36. The Kier molecular flexibility index (Phi) is 8.58. The molecule has 8 aromatic carbocycles. The zero-order valence-electron chi connectivity index (χ0n) is 32.5. The highest BCUT2D eigenvalue weighted by atomic mass is 19.4. The molecule has 0 unspecified atom stereocenters. The summed E-state index contributed by atoms with van der Waals surface area (Å²) >= 11 is 0. The van der Waals surface area contributed by atoms with Crippen molar-refractivity contribution in [2.45, 2.75) is 13.1 Å². The molecule has 288 valence electrons. The molecule has 0 amide bonds. The molecule has 0 aliphatic carbocycles. The minimum atomic E-state index is -4.73. The van der Waals surface area contributed by atoms with Crippen molar-refractivity contribution in [1.82, 2.24) is 9.13 Å². The monoisotopic (exact) mass is 793 g/mol. The Hall–Kier alpha value is -8.38. The molecule has 0 N–H and O–H groups in total. The maximum Gasteiger partial charge on any atom is 0.417 e. The molecule has 61 heavy (non-hydrogen) atoms. The molecule has 0 aliphatic rings. The fourth-order valence-corrected chi connectivity index (χ4v) is 8.86. The fraction of sp³-hybridized carbons (Fsp3) is 0.0377. The van der Waals surface area contributed by atoms with Crippen LogP contribution in [0.25, 0.3) is 93.2 Å². The Morgan fingerprint density at radius 1 is 0.492 bits per heavy atom. The highest BCUT2D eigenvalue weighted by molar-refractivity contribution is 6.13. The minimum absolute atomic E-state index is 0.000131. The largest absolute Gasteiger partial charge is 0.417 e. The van der Waals surface area contributed by atoms with Gasteiger partial charge in [0.25, 0.3) is 0 Å². The van der Waals surface area contributed by atoms with Gasteiger partial charge in [-0.3, -0.25) is 0 Å². The standard InChI is InChI=1S/C53H30F3N5/c1-32-10-7-17-44(53(54,55)56)51(32)52-49(60-45-18-5-3-15-40(45)42-22-20-37(28-47(42)60)35-12-8-11-33(24-35)30-57)25-34(31-58)26-50(52)61-46-19-6-4-16-41(46)43-23-21-38(29-48(43)61)36-13-9-14-39(27-36)59-2/h3-29H,1H3. The van der Waals surface area contributed by atoms with E-state index in [9.17, 15) is 10.5 Å². The van der Waals surface area contributed by atoms with Crippen LogP contribution >= 0.6 is 0 Å². The number of fused-ring (bicyclic) bond motifs is 6. The molecule has 0 atom stereocenters. The second kappa shape index (κ2) is 14.2. The molecule has 0 saturated carbocycles. The summed E-state index contributed by atoms with van der Waals surface area (Å²) in [6, 6.07) is 54.3. The third-order valence-electron chi connectivity index (χ3n) is 11.5. The molecule has 0 fully saturated rings. The van der Waals surface area contributed by atoms with Crippen LogP contribution in [0.5, 0.6) is 0 Å². The van der Waals surface area contributed by atoms with Gasteiger partial charge in [-0.1, -0.05) is 103 Å². The summed E-state index contributed by atoms with van der Waals surface area (Å²) in [6.45, 7) is 9.32. The topological polar surface area (TPSA) is 61.8 Å². The number of hydrogen-bond donors (Lipinski definition) is 0. The number of nitrogens with zero attached hydrogens (tertiary/aromatic N) is 5. The predicted octanol–water partition coefficient (Wildman–Crippen LogP) is 14.5. The lowest BCUT2D eigenvalue weighted by atomic mass is 9.90. The van der Waals surface area contributed by atoms with Crippen LogP contribution in [0.4, 0.5) is 18.9 Å². The van der Waals surface area contributed by atoms with Gasteiger partial charge in [-0.2, -0.15) is 23.7 Å². The second-order valence-corrected chi connectivity index (χ2v) is 15.0. The van der Waals surface area contributed by atoms with E-state index < -0.39 is 11.7 Å². The number of rotatable bonds is 5. The average Bonchev–Trinajstić information content (AvgIpc) is 3.80. The second-order valence-electron chi connectivity index (χ2n) is 15.0.